The first-order chi connectivity index (χ1) is 7.48. The van der Waals surface area contributed by atoms with Gasteiger partial charge in [-0.3, -0.25) is 0 Å². The second-order valence-electron chi connectivity index (χ2n) is 4.87. The summed E-state index contributed by atoms with van der Waals surface area (Å²) in [5, 5.41) is 0.348. The molecule has 2 heterocycles. The van der Waals surface area contributed by atoms with Gasteiger partial charge in [-0.05, 0) is 0 Å². The van der Waals surface area contributed by atoms with E-state index in [1.165, 1.54) is 6.07 Å². The Labute approximate surface area is 110 Å². The van der Waals surface area contributed by atoms with Gasteiger partial charge in [0.05, 0.1) is 0 Å². The fraction of sp³-hybridized carbons (Fsp3) is 0.500. The van der Waals surface area contributed by atoms with Crippen LogP contribution in [0.2, 0.25) is 5.02 Å². The van der Waals surface area contributed by atoms with Crippen LogP contribution in [0.25, 0.3) is 0 Å². The molecule has 0 aromatic heterocycles. The van der Waals surface area contributed by atoms with Crippen LogP contribution in [0.3, 0.4) is 0 Å². The molecule has 2 aliphatic heterocycles. The number of alkyl halides is 2. The number of hydrogen-bond acceptors (Lipinski definition) is 1. The fourth-order valence-corrected chi connectivity index (χ4v) is 8.07. The van der Waals surface area contributed by atoms with E-state index in [1.54, 1.807) is 6.07 Å². The van der Waals surface area contributed by atoms with Crippen molar-refractivity contribution >= 4 is 11.6 Å². The molecule has 0 amide bonds. The Kier molecular flexibility index (Phi) is 2.34. The summed E-state index contributed by atoms with van der Waals surface area (Å²) in [5.41, 5.74) is 1.05. The molecule has 2 fully saturated rings. The topological polar surface area (TPSA) is 3.24 Å². The average Bonchev–Trinajstić information content (AvgIpc) is 2.66. The van der Waals surface area contributed by atoms with Crippen LogP contribution < -0.4 is 21.2 Å². The van der Waals surface area contributed by atoms with Crippen molar-refractivity contribution in [3.05, 3.63) is 34.6 Å². The first-order valence-electron chi connectivity index (χ1n) is 5.29. The van der Waals surface area contributed by atoms with Crippen molar-refractivity contribution in [3.63, 3.8) is 0 Å². The van der Waals surface area contributed by atoms with E-state index in [-0.39, 0.29) is 30.4 Å². The summed E-state index contributed by atoms with van der Waals surface area (Å²) >= 11 is 6.22. The van der Waals surface area contributed by atoms with Gasteiger partial charge in [-0.1, -0.05) is 0 Å². The van der Waals surface area contributed by atoms with Gasteiger partial charge in [0.2, 0.25) is 0 Å². The summed E-state index contributed by atoms with van der Waals surface area (Å²) < 4.78 is 14.1. The molecule has 0 unspecified atom stereocenters. The monoisotopic (exact) mass is 352 g/mol. The summed E-state index contributed by atoms with van der Waals surface area (Å²) in [6.07, 6.45) is 0. The van der Waals surface area contributed by atoms with Gasteiger partial charge in [0.1, 0.15) is 0 Å². The SMILES string of the molecule is CN1C[C@@]2(c3cccc(F)c3Cl)[I-][C@@]2(C)C1. The van der Waals surface area contributed by atoms with Gasteiger partial charge in [0.15, 0.2) is 0 Å². The Morgan fingerprint density at radius 2 is 2.19 bits per heavy atom. The Morgan fingerprint density at radius 3 is 2.81 bits per heavy atom. The molecule has 0 aliphatic carbocycles. The predicted octanol–water partition coefficient (Wildman–Crippen LogP) is -0.519. The molecule has 0 saturated carbocycles. The van der Waals surface area contributed by atoms with Crippen LogP contribution in [0.15, 0.2) is 18.2 Å². The van der Waals surface area contributed by atoms with Gasteiger partial charge in [0, 0.05) is 0 Å². The van der Waals surface area contributed by atoms with Crippen LogP contribution in [0.4, 0.5) is 4.39 Å². The molecule has 2 aliphatic rings. The quantitative estimate of drug-likeness (QED) is 0.486. The fourth-order valence-electron chi connectivity index (χ4n) is 2.84. The number of hydrogen-bond donors (Lipinski definition) is 0. The van der Waals surface area contributed by atoms with Gasteiger partial charge in [-0.2, -0.15) is 0 Å². The van der Waals surface area contributed by atoms with Crippen LogP contribution in [-0.2, 0) is 3.42 Å². The summed E-state index contributed by atoms with van der Waals surface area (Å²) in [7, 11) is 2.14. The molecule has 4 heteroatoms. The van der Waals surface area contributed by atoms with Crippen LogP contribution in [0.1, 0.15) is 12.5 Å². The van der Waals surface area contributed by atoms with Crippen molar-refractivity contribution in [2.45, 2.75) is 13.8 Å². The molecule has 0 radical (unpaired) electrons. The molecule has 0 bridgehead atoms. The van der Waals surface area contributed by atoms with Gasteiger partial charge in [0.25, 0.3) is 0 Å². The van der Waals surface area contributed by atoms with E-state index in [1.807, 2.05) is 6.07 Å². The van der Waals surface area contributed by atoms with Crippen LogP contribution in [0, 0.1) is 5.82 Å². The van der Waals surface area contributed by atoms with E-state index in [0.717, 1.165) is 18.7 Å². The third kappa shape index (κ3) is 1.31. The molecule has 1 aromatic carbocycles. The number of likely N-dealkylation sites (N-methyl/N-ethyl adjacent to an activating group) is 1. The van der Waals surface area contributed by atoms with E-state index in [9.17, 15) is 4.39 Å². The third-order valence-electron chi connectivity index (χ3n) is 3.59. The van der Waals surface area contributed by atoms with E-state index < -0.39 is 0 Å². The first kappa shape index (κ1) is 11.2. The normalized spacial score (nSPS) is 38.0. The van der Waals surface area contributed by atoms with Gasteiger partial charge < -0.3 is 0 Å². The molecule has 2 saturated heterocycles. The van der Waals surface area contributed by atoms with Crippen LogP contribution in [0.5, 0.6) is 0 Å². The van der Waals surface area contributed by atoms with Crippen molar-refractivity contribution in [2.75, 3.05) is 20.1 Å². The maximum absolute atomic E-state index is 13.5. The molecule has 0 N–H and O–H groups in total. The summed E-state index contributed by atoms with van der Waals surface area (Å²) in [4.78, 5) is 2.34. The zero-order valence-corrected chi connectivity index (χ0v) is 12.1. The molecule has 1 aromatic rings. The number of halogens is 3. The van der Waals surface area contributed by atoms with Crippen molar-refractivity contribution in [2.24, 2.45) is 0 Å². The Morgan fingerprint density at radius 1 is 1.44 bits per heavy atom. The molecule has 0 spiro atoms. The number of likely N-dealkylation sites (tertiary alicyclic amines) is 1. The van der Waals surface area contributed by atoms with Gasteiger partial charge >= 0.3 is 111 Å². The Bertz CT molecular complexity index is 466. The standard InChI is InChI=1S/C12H13ClFIN/c1-11-6-16(2)7-12(11,15-11)8-4-3-5-9(14)10(8)13/h3-5H,6-7H2,1-2H3/q-1/t11-,12-/m0/s1. The Balaban J connectivity index is 2.09. The van der Waals surface area contributed by atoms with Crippen molar-refractivity contribution < 1.29 is 25.6 Å². The van der Waals surface area contributed by atoms with Crippen molar-refractivity contribution in [1.82, 2.24) is 4.90 Å². The molecule has 88 valence electrons. The minimum absolute atomic E-state index is 0.0996. The van der Waals surface area contributed by atoms with Gasteiger partial charge in [-0.25, -0.2) is 0 Å². The molecular weight excluding hydrogens is 339 g/mol. The average molecular weight is 353 g/mol. The van der Waals surface area contributed by atoms with E-state index >= 15 is 0 Å². The Hall–Kier alpha value is 0.130. The summed E-state index contributed by atoms with van der Waals surface area (Å²) in [6, 6.07) is 5.24. The minimum atomic E-state index is -0.277. The first-order valence-corrected chi connectivity index (χ1v) is 7.82. The van der Waals surface area contributed by atoms with Crippen LogP contribution in [-0.4, -0.2) is 28.5 Å². The molecular formula is C12H13ClFIN-. The van der Waals surface area contributed by atoms with Crippen LogP contribution >= 0.6 is 11.6 Å². The van der Waals surface area contributed by atoms with Crippen molar-refractivity contribution in [3.8, 4) is 0 Å². The molecule has 1 nitrogen and oxygen atoms in total. The summed E-state index contributed by atoms with van der Waals surface area (Å²) in [6.45, 7) is 4.50. The van der Waals surface area contributed by atoms with Gasteiger partial charge in [-0.15, -0.1) is 0 Å². The van der Waals surface area contributed by atoms with E-state index in [4.69, 9.17) is 11.6 Å². The third-order valence-corrected chi connectivity index (χ3v) is 8.92. The maximum atomic E-state index is 13.5. The number of fused-ring (bicyclic) bond motifs is 1. The van der Waals surface area contributed by atoms with Crippen molar-refractivity contribution in [1.29, 1.82) is 0 Å². The van der Waals surface area contributed by atoms with E-state index in [2.05, 4.69) is 18.9 Å². The number of rotatable bonds is 1. The predicted molar refractivity (Wildman–Crippen MR) is 59.0 cm³/mol. The van der Waals surface area contributed by atoms with E-state index in [0.29, 0.717) is 8.44 Å². The number of nitrogens with zero attached hydrogens (tertiary/aromatic N) is 1. The zero-order chi connectivity index (χ0) is 11.6. The second-order valence-corrected chi connectivity index (χ2v) is 10.0. The molecule has 2 atom stereocenters. The summed E-state index contributed by atoms with van der Waals surface area (Å²) in [5.74, 6) is -0.277. The molecule has 3 rings (SSSR count). The number of benzene rings is 1. The zero-order valence-electron chi connectivity index (χ0n) is 9.23. The second kappa shape index (κ2) is 3.33. The molecule has 16 heavy (non-hydrogen) atoms.